The molecule has 0 aromatic carbocycles. The summed E-state index contributed by atoms with van der Waals surface area (Å²) in [5, 5.41) is 3.09. The molecule has 4 rings (SSSR count). The molecule has 1 saturated heterocycles. The number of amides is 1. The number of H-pyrrole nitrogens is 1. The van der Waals surface area contributed by atoms with Crippen LogP contribution in [0.1, 0.15) is 36.2 Å². The maximum atomic E-state index is 12.5. The van der Waals surface area contributed by atoms with Crippen LogP contribution in [0.3, 0.4) is 0 Å². The van der Waals surface area contributed by atoms with Crippen molar-refractivity contribution in [1.29, 1.82) is 0 Å². The summed E-state index contributed by atoms with van der Waals surface area (Å²) in [6.07, 6.45) is 8.55. The van der Waals surface area contributed by atoms with Gasteiger partial charge in [0.15, 0.2) is 0 Å². The number of pyridine rings is 1. The number of aromatic nitrogens is 3. The predicted molar refractivity (Wildman–Crippen MR) is 91.6 cm³/mol. The molecule has 126 valence electrons. The fourth-order valence-corrected chi connectivity index (χ4v) is 3.65. The molecule has 6 heteroatoms. The Kier molecular flexibility index (Phi) is 4.19. The molecule has 24 heavy (non-hydrogen) atoms. The zero-order chi connectivity index (χ0) is 16.4. The lowest BCUT2D eigenvalue weighted by Gasteiger charge is -2.21. The molecule has 1 aliphatic heterocycles. The van der Waals surface area contributed by atoms with E-state index in [9.17, 15) is 4.79 Å². The molecule has 0 unspecified atom stereocenters. The van der Waals surface area contributed by atoms with Crippen LogP contribution in [0.4, 0.5) is 5.82 Å². The van der Waals surface area contributed by atoms with Gasteiger partial charge in [-0.25, -0.2) is 9.97 Å². The zero-order valence-electron chi connectivity index (χ0n) is 13.8. The molecule has 2 N–H and O–H groups in total. The Morgan fingerprint density at radius 2 is 2.21 bits per heavy atom. The summed E-state index contributed by atoms with van der Waals surface area (Å²) in [7, 11) is 0. The summed E-state index contributed by atoms with van der Waals surface area (Å²) in [6, 6.07) is 4.08. The molecule has 1 fully saturated rings. The van der Waals surface area contributed by atoms with Crippen LogP contribution in [0.5, 0.6) is 0 Å². The van der Waals surface area contributed by atoms with Gasteiger partial charge >= 0.3 is 0 Å². The Hall–Kier alpha value is -2.37. The van der Waals surface area contributed by atoms with Crippen LogP contribution in [-0.4, -0.2) is 33.9 Å². The number of fused-ring (bicyclic) bond motifs is 1. The second-order valence-corrected chi connectivity index (χ2v) is 6.70. The fraction of sp³-hybridized carbons (Fsp3) is 0.500. The Balaban J connectivity index is 1.35. The van der Waals surface area contributed by atoms with E-state index in [0.717, 1.165) is 55.1 Å². The van der Waals surface area contributed by atoms with E-state index in [0.29, 0.717) is 6.54 Å². The van der Waals surface area contributed by atoms with E-state index in [4.69, 9.17) is 0 Å². The number of rotatable bonds is 4. The van der Waals surface area contributed by atoms with E-state index in [2.05, 4.69) is 31.2 Å². The number of nitrogens with zero attached hydrogens (tertiary/aromatic N) is 3. The number of aromatic amines is 1. The Labute approximate surface area is 141 Å². The van der Waals surface area contributed by atoms with Crippen molar-refractivity contribution in [3.63, 3.8) is 0 Å². The molecule has 3 heterocycles. The highest BCUT2D eigenvalue weighted by molar-refractivity contribution is 5.79. The van der Waals surface area contributed by atoms with Gasteiger partial charge in [-0.15, -0.1) is 0 Å². The van der Waals surface area contributed by atoms with Gasteiger partial charge in [-0.2, -0.15) is 0 Å². The fourth-order valence-electron chi connectivity index (χ4n) is 3.65. The third-order valence-corrected chi connectivity index (χ3v) is 5.07. The Bertz CT molecular complexity index is 720. The zero-order valence-corrected chi connectivity index (χ0v) is 13.8. The maximum Gasteiger partial charge on any atom is 0.223 e. The number of hydrogen-bond acceptors (Lipinski definition) is 4. The lowest BCUT2D eigenvalue weighted by molar-refractivity contribution is -0.125. The lowest BCUT2D eigenvalue weighted by atomic mass is 9.89. The second-order valence-electron chi connectivity index (χ2n) is 6.70. The molecule has 0 bridgehead atoms. The molecular formula is C18H23N5O. The van der Waals surface area contributed by atoms with Crippen molar-refractivity contribution in [1.82, 2.24) is 20.3 Å². The van der Waals surface area contributed by atoms with Crippen LogP contribution in [-0.2, 0) is 24.2 Å². The third-order valence-electron chi connectivity index (χ3n) is 5.07. The van der Waals surface area contributed by atoms with Crippen molar-refractivity contribution in [3.8, 4) is 0 Å². The van der Waals surface area contributed by atoms with Crippen LogP contribution in [0.25, 0.3) is 0 Å². The number of hydrogen-bond donors (Lipinski definition) is 2. The second kappa shape index (κ2) is 6.63. The summed E-state index contributed by atoms with van der Waals surface area (Å²) in [4.78, 5) is 26.7. The predicted octanol–water partition coefficient (Wildman–Crippen LogP) is 1.83. The summed E-state index contributed by atoms with van der Waals surface area (Å²) in [6.45, 7) is 2.73. The molecule has 2 aliphatic rings. The highest BCUT2D eigenvalue weighted by Gasteiger charge is 2.26. The molecule has 2 aromatic rings. The minimum atomic E-state index is 0.0397. The Morgan fingerprint density at radius 3 is 3.08 bits per heavy atom. The number of nitrogens with one attached hydrogen (secondary N) is 2. The summed E-state index contributed by atoms with van der Waals surface area (Å²) in [5.74, 6) is 1.20. The first-order chi connectivity index (χ1) is 11.8. The SMILES string of the molecule is O=C(NCc1ccnc(N2CCCC2)c1)[C@H]1CCc2nc[nH]c2C1. The molecule has 6 nitrogen and oxygen atoms in total. The number of imidazole rings is 1. The average molecular weight is 325 g/mol. The highest BCUT2D eigenvalue weighted by atomic mass is 16.1. The van der Waals surface area contributed by atoms with Crippen LogP contribution in [0.2, 0.25) is 0 Å². The van der Waals surface area contributed by atoms with Gasteiger partial charge in [0.1, 0.15) is 5.82 Å². The highest BCUT2D eigenvalue weighted by Crippen LogP contribution is 2.23. The smallest absolute Gasteiger partial charge is 0.223 e. The van der Waals surface area contributed by atoms with Crippen molar-refractivity contribution in [2.75, 3.05) is 18.0 Å². The van der Waals surface area contributed by atoms with Gasteiger partial charge in [0.2, 0.25) is 5.91 Å². The van der Waals surface area contributed by atoms with E-state index in [1.165, 1.54) is 12.8 Å². The van der Waals surface area contributed by atoms with Gasteiger partial charge < -0.3 is 15.2 Å². The first kappa shape index (κ1) is 15.2. The standard InChI is InChI=1S/C18H23N5O/c24-18(14-3-4-15-16(10-14)22-12-21-15)20-11-13-5-6-19-17(9-13)23-7-1-2-8-23/h5-6,9,12,14H,1-4,7-8,10-11H2,(H,20,24)(H,21,22)/t14-/m0/s1. The van der Waals surface area contributed by atoms with E-state index < -0.39 is 0 Å². The van der Waals surface area contributed by atoms with Crippen molar-refractivity contribution in [2.24, 2.45) is 5.92 Å². The van der Waals surface area contributed by atoms with E-state index in [1.807, 2.05) is 12.3 Å². The molecule has 1 amide bonds. The van der Waals surface area contributed by atoms with Crippen molar-refractivity contribution in [3.05, 3.63) is 41.6 Å². The molecule has 0 radical (unpaired) electrons. The molecule has 1 aliphatic carbocycles. The molecule has 1 atom stereocenters. The Morgan fingerprint density at radius 1 is 1.33 bits per heavy atom. The maximum absolute atomic E-state index is 12.5. The van der Waals surface area contributed by atoms with Crippen molar-refractivity contribution < 1.29 is 4.79 Å². The van der Waals surface area contributed by atoms with Gasteiger partial charge in [-0.3, -0.25) is 4.79 Å². The molecular weight excluding hydrogens is 302 g/mol. The lowest BCUT2D eigenvalue weighted by Crippen LogP contribution is -2.33. The topological polar surface area (TPSA) is 73.9 Å². The van der Waals surface area contributed by atoms with Crippen LogP contribution in [0.15, 0.2) is 24.7 Å². The van der Waals surface area contributed by atoms with Crippen LogP contribution in [0, 0.1) is 5.92 Å². The monoisotopic (exact) mass is 325 g/mol. The normalized spacial score (nSPS) is 20.0. The van der Waals surface area contributed by atoms with E-state index >= 15 is 0 Å². The van der Waals surface area contributed by atoms with E-state index in [-0.39, 0.29) is 11.8 Å². The summed E-state index contributed by atoms with van der Waals surface area (Å²) in [5.41, 5.74) is 3.34. The minimum Gasteiger partial charge on any atom is -0.357 e. The summed E-state index contributed by atoms with van der Waals surface area (Å²) >= 11 is 0. The average Bonchev–Trinajstić information content (AvgIpc) is 3.30. The number of carbonyl (C=O) groups excluding carboxylic acids is 1. The first-order valence-corrected chi connectivity index (χ1v) is 8.78. The number of carbonyl (C=O) groups is 1. The molecule has 2 aromatic heterocycles. The van der Waals surface area contributed by atoms with Crippen LogP contribution >= 0.6 is 0 Å². The number of aryl methyl sites for hydroxylation is 1. The van der Waals surface area contributed by atoms with Gasteiger partial charge in [-0.1, -0.05) is 0 Å². The van der Waals surface area contributed by atoms with Gasteiger partial charge in [-0.05, 0) is 43.4 Å². The number of anilines is 1. The third kappa shape index (κ3) is 3.13. The van der Waals surface area contributed by atoms with Crippen molar-refractivity contribution >= 4 is 11.7 Å². The largest absolute Gasteiger partial charge is 0.357 e. The van der Waals surface area contributed by atoms with Crippen LogP contribution < -0.4 is 10.2 Å². The van der Waals surface area contributed by atoms with Gasteiger partial charge in [0, 0.05) is 43.9 Å². The molecule has 0 saturated carbocycles. The molecule has 0 spiro atoms. The minimum absolute atomic E-state index is 0.0397. The summed E-state index contributed by atoms with van der Waals surface area (Å²) < 4.78 is 0. The quantitative estimate of drug-likeness (QED) is 0.899. The van der Waals surface area contributed by atoms with Crippen molar-refractivity contribution in [2.45, 2.75) is 38.6 Å². The van der Waals surface area contributed by atoms with Gasteiger partial charge in [0.25, 0.3) is 0 Å². The first-order valence-electron chi connectivity index (χ1n) is 8.78. The van der Waals surface area contributed by atoms with Gasteiger partial charge in [0.05, 0.1) is 12.0 Å². The van der Waals surface area contributed by atoms with E-state index in [1.54, 1.807) is 6.33 Å².